The van der Waals surface area contributed by atoms with Gasteiger partial charge in [0.1, 0.15) is 5.54 Å². The number of hydrogen-bond acceptors (Lipinski definition) is 3. The molecule has 1 heterocycles. The third-order valence-corrected chi connectivity index (χ3v) is 4.34. The molecule has 2 rings (SSSR count). The van der Waals surface area contributed by atoms with Gasteiger partial charge in [-0.2, -0.15) is 0 Å². The minimum atomic E-state index is -0.938. The largest absolute Gasteiger partial charge is 0.349 e. The van der Waals surface area contributed by atoms with E-state index in [0.29, 0.717) is 19.5 Å². The number of amides is 2. The SMILES string of the molecule is C=CC1CC(NC(C)=O)(C(=O)NC(C)(C)C)CN1Cc1ccccc1. The molecule has 2 atom stereocenters. The second kappa shape index (κ2) is 7.40. The zero-order valence-corrected chi connectivity index (χ0v) is 15.6. The summed E-state index contributed by atoms with van der Waals surface area (Å²) in [7, 11) is 0. The fourth-order valence-electron chi connectivity index (χ4n) is 3.35. The predicted molar refractivity (Wildman–Crippen MR) is 99.9 cm³/mol. The smallest absolute Gasteiger partial charge is 0.247 e. The van der Waals surface area contributed by atoms with Crippen LogP contribution in [0.5, 0.6) is 0 Å². The lowest BCUT2D eigenvalue weighted by molar-refractivity contribution is -0.133. The van der Waals surface area contributed by atoms with Crippen LogP contribution in [0, 0.1) is 0 Å². The van der Waals surface area contributed by atoms with Crippen molar-refractivity contribution >= 4 is 11.8 Å². The molecular weight excluding hydrogens is 314 g/mol. The molecule has 2 N–H and O–H groups in total. The van der Waals surface area contributed by atoms with E-state index in [1.807, 2.05) is 45.0 Å². The summed E-state index contributed by atoms with van der Waals surface area (Å²) in [6.07, 6.45) is 2.38. The summed E-state index contributed by atoms with van der Waals surface area (Å²) in [4.78, 5) is 27.0. The number of benzene rings is 1. The molecule has 2 unspecified atom stereocenters. The Morgan fingerprint density at radius 1 is 1.32 bits per heavy atom. The normalized spacial score (nSPS) is 23.9. The van der Waals surface area contributed by atoms with Gasteiger partial charge in [0.15, 0.2) is 0 Å². The first kappa shape index (κ1) is 19.2. The zero-order chi connectivity index (χ0) is 18.7. The fourth-order valence-corrected chi connectivity index (χ4v) is 3.35. The number of likely N-dealkylation sites (tertiary alicyclic amines) is 1. The lowest BCUT2D eigenvalue weighted by atomic mass is 9.93. The second-order valence-electron chi connectivity index (χ2n) is 7.87. The topological polar surface area (TPSA) is 61.4 Å². The molecule has 0 bridgehead atoms. The van der Waals surface area contributed by atoms with Crippen LogP contribution >= 0.6 is 0 Å². The molecule has 0 aromatic heterocycles. The first-order chi connectivity index (χ1) is 11.6. The Kier molecular flexibility index (Phi) is 5.68. The maximum atomic E-state index is 13.0. The van der Waals surface area contributed by atoms with Crippen LogP contribution in [-0.4, -0.2) is 40.4 Å². The van der Waals surface area contributed by atoms with Gasteiger partial charge >= 0.3 is 0 Å². The highest BCUT2D eigenvalue weighted by Crippen LogP contribution is 2.30. The van der Waals surface area contributed by atoms with E-state index in [1.54, 1.807) is 0 Å². The third-order valence-electron chi connectivity index (χ3n) is 4.34. The first-order valence-electron chi connectivity index (χ1n) is 8.67. The molecule has 136 valence electrons. The van der Waals surface area contributed by atoms with E-state index in [9.17, 15) is 9.59 Å². The molecule has 2 amide bonds. The molecule has 0 aliphatic carbocycles. The standard InChI is InChI=1S/C20H29N3O2/c1-6-17-12-20(21-15(2)24,18(25)22-19(3,4)5)14-23(17)13-16-10-8-7-9-11-16/h6-11,17H,1,12-14H2,2-5H3,(H,21,24)(H,22,25). The van der Waals surface area contributed by atoms with E-state index in [2.05, 4.69) is 34.2 Å². The van der Waals surface area contributed by atoms with Crippen molar-refractivity contribution in [2.24, 2.45) is 0 Å². The molecule has 5 heteroatoms. The molecule has 0 radical (unpaired) electrons. The van der Waals surface area contributed by atoms with Crippen LogP contribution in [0.2, 0.25) is 0 Å². The van der Waals surface area contributed by atoms with Gasteiger partial charge in [-0.1, -0.05) is 36.4 Å². The molecular formula is C20H29N3O2. The van der Waals surface area contributed by atoms with Crippen molar-refractivity contribution in [2.45, 2.75) is 57.8 Å². The Hall–Kier alpha value is -2.14. The zero-order valence-electron chi connectivity index (χ0n) is 15.6. The molecule has 25 heavy (non-hydrogen) atoms. The van der Waals surface area contributed by atoms with Gasteiger partial charge in [-0.25, -0.2) is 0 Å². The summed E-state index contributed by atoms with van der Waals surface area (Å²) in [5.41, 5.74) is -0.129. The monoisotopic (exact) mass is 343 g/mol. The Labute approximate surface area is 150 Å². The molecule has 5 nitrogen and oxygen atoms in total. The molecule has 1 aromatic rings. The van der Waals surface area contributed by atoms with Crippen molar-refractivity contribution in [3.8, 4) is 0 Å². The van der Waals surface area contributed by atoms with Crippen LogP contribution in [0.15, 0.2) is 43.0 Å². The Morgan fingerprint density at radius 2 is 1.96 bits per heavy atom. The second-order valence-corrected chi connectivity index (χ2v) is 7.87. The average molecular weight is 343 g/mol. The molecule has 1 saturated heterocycles. The minimum Gasteiger partial charge on any atom is -0.349 e. The Balaban J connectivity index is 2.26. The van der Waals surface area contributed by atoms with E-state index >= 15 is 0 Å². The van der Waals surface area contributed by atoms with E-state index in [0.717, 1.165) is 0 Å². The van der Waals surface area contributed by atoms with Crippen molar-refractivity contribution in [3.63, 3.8) is 0 Å². The summed E-state index contributed by atoms with van der Waals surface area (Å²) in [6.45, 7) is 12.4. The molecule has 1 aliphatic rings. The number of nitrogens with zero attached hydrogens (tertiary/aromatic N) is 1. The van der Waals surface area contributed by atoms with Gasteiger partial charge in [-0.15, -0.1) is 6.58 Å². The molecule has 0 saturated carbocycles. The van der Waals surface area contributed by atoms with Crippen LogP contribution < -0.4 is 10.6 Å². The van der Waals surface area contributed by atoms with Crippen LogP contribution in [0.3, 0.4) is 0 Å². The van der Waals surface area contributed by atoms with E-state index < -0.39 is 5.54 Å². The van der Waals surface area contributed by atoms with Crippen LogP contribution in [0.25, 0.3) is 0 Å². The maximum absolute atomic E-state index is 13.0. The summed E-state index contributed by atoms with van der Waals surface area (Å²) < 4.78 is 0. The predicted octanol–water partition coefficient (Wildman–Crippen LogP) is 2.24. The van der Waals surface area contributed by atoms with Gasteiger partial charge in [0, 0.05) is 31.6 Å². The van der Waals surface area contributed by atoms with E-state index in [-0.39, 0.29) is 23.4 Å². The lowest BCUT2D eigenvalue weighted by Crippen LogP contribution is -2.62. The van der Waals surface area contributed by atoms with Gasteiger partial charge in [0.05, 0.1) is 0 Å². The number of carbonyl (C=O) groups excluding carboxylic acids is 2. The van der Waals surface area contributed by atoms with Gasteiger partial charge < -0.3 is 10.6 Å². The fraction of sp³-hybridized carbons (Fsp3) is 0.500. The van der Waals surface area contributed by atoms with Crippen LogP contribution in [-0.2, 0) is 16.1 Å². The third kappa shape index (κ3) is 4.92. The number of nitrogens with one attached hydrogen (secondary N) is 2. The van der Waals surface area contributed by atoms with E-state index in [1.165, 1.54) is 12.5 Å². The molecule has 1 aromatic carbocycles. The van der Waals surface area contributed by atoms with Crippen LogP contribution in [0.4, 0.5) is 0 Å². The van der Waals surface area contributed by atoms with Crippen LogP contribution in [0.1, 0.15) is 39.7 Å². The summed E-state index contributed by atoms with van der Waals surface area (Å²) >= 11 is 0. The number of carbonyl (C=O) groups is 2. The van der Waals surface area contributed by atoms with Gasteiger partial charge in [-0.05, 0) is 32.8 Å². The molecule has 1 aliphatic heterocycles. The highest BCUT2D eigenvalue weighted by Gasteiger charge is 2.49. The molecule has 1 fully saturated rings. The highest BCUT2D eigenvalue weighted by molar-refractivity contribution is 5.92. The maximum Gasteiger partial charge on any atom is 0.247 e. The number of rotatable bonds is 5. The average Bonchev–Trinajstić information content (AvgIpc) is 2.84. The number of hydrogen-bond donors (Lipinski definition) is 2. The van der Waals surface area contributed by atoms with Crippen molar-refractivity contribution in [1.29, 1.82) is 0 Å². The Bertz CT molecular complexity index is 636. The van der Waals surface area contributed by atoms with Gasteiger partial charge in [0.25, 0.3) is 0 Å². The summed E-state index contributed by atoms with van der Waals surface area (Å²) in [5, 5.41) is 5.94. The quantitative estimate of drug-likeness (QED) is 0.806. The highest BCUT2D eigenvalue weighted by atomic mass is 16.2. The summed E-state index contributed by atoms with van der Waals surface area (Å²) in [6, 6.07) is 10.1. The minimum absolute atomic E-state index is 0.0257. The summed E-state index contributed by atoms with van der Waals surface area (Å²) in [5.74, 6) is -0.342. The lowest BCUT2D eigenvalue weighted by Gasteiger charge is -2.32. The van der Waals surface area contributed by atoms with Gasteiger partial charge in [0.2, 0.25) is 11.8 Å². The first-order valence-corrected chi connectivity index (χ1v) is 8.67. The van der Waals surface area contributed by atoms with Crippen molar-refractivity contribution in [1.82, 2.24) is 15.5 Å². The van der Waals surface area contributed by atoms with E-state index in [4.69, 9.17) is 0 Å². The van der Waals surface area contributed by atoms with Crippen molar-refractivity contribution < 1.29 is 9.59 Å². The van der Waals surface area contributed by atoms with Gasteiger partial charge in [-0.3, -0.25) is 14.5 Å². The molecule has 0 spiro atoms. The Morgan fingerprint density at radius 3 is 2.48 bits per heavy atom. The van der Waals surface area contributed by atoms with Crippen molar-refractivity contribution in [2.75, 3.05) is 6.54 Å². The van der Waals surface area contributed by atoms with Crippen molar-refractivity contribution in [3.05, 3.63) is 48.6 Å².